The van der Waals surface area contributed by atoms with Crippen molar-refractivity contribution in [1.82, 2.24) is 0 Å². The Morgan fingerprint density at radius 1 is 0.444 bits per heavy atom. The van der Waals surface area contributed by atoms with E-state index in [4.69, 9.17) is 9.47 Å². The van der Waals surface area contributed by atoms with Gasteiger partial charge in [0.25, 0.3) is 0 Å². The van der Waals surface area contributed by atoms with E-state index in [9.17, 15) is 9.59 Å². The number of carbonyl (C=O) groups excluding carboxylic acids is 2. The largest absolute Gasteiger partial charge is 0.423 e. The van der Waals surface area contributed by atoms with Crippen LogP contribution < -0.4 is 9.47 Å². The maximum absolute atomic E-state index is 12.4. The normalized spacial score (nSPS) is 19.6. The molecule has 4 heteroatoms. The molecule has 0 amide bonds. The van der Waals surface area contributed by atoms with E-state index in [0.717, 1.165) is 37.5 Å². The van der Waals surface area contributed by atoms with Crippen molar-refractivity contribution in [1.29, 1.82) is 0 Å². The zero-order valence-electron chi connectivity index (χ0n) is 33.5. The van der Waals surface area contributed by atoms with Gasteiger partial charge in [0.05, 0.1) is 11.1 Å². The minimum Gasteiger partial charge on any atom is -0.423 e. The molecule has 4 aromatic rings. The number of hydrogen-bond acceptors (Lipinski definition) is 4. The maximum atomic E-state index is 12.4. The molecule has 2 fully saturated rings. The highest BCUT2D eigenvalue weighted by atomic mass is 16.5. The van der Waals surface area contributed by atoms with Gasteiger partial charge in [0.2, 0.25) is 0 Å². The van der Waals surface area contributed by atoms with E-state index >= 15 is 0 Å². The first-order chi connectivity index (χ1) is 26.4. The summed E-state index contributed by atoms with van der Waals surface area (Å²) >= 11 is 0. The van der Waals surface area contributed by atoms with Crippen molar-refractivity contribution >= 4 is 11.9 Å². The van der Waals surface area contributed by atoms with Crippen LogP contribution in [-0.4, -0.2) is 11.9 Å². The Balaban J connectivity index is 0.000000208. The van der Waals surface area contributed by atoms with Gasteiger partial charge in [-0.25, -0.2) is 9.59 Å². The minimum atomic E-state index is -0.281. The van der Waals surface area contributed by atoms with E-state index in [1.807, 2.05) is 72.8 Å². The molecular formula is C50H64O4. The van der Waals surface area contributed by atoms with Gasteiger partial charge in [0, 0.05) is 0 Å². The highest BCUT2D eigenvalue weighted by molar-refractivity contribution is 5.91. The molecule has 288 valence electrons. The molecule has 0 heterocycles. The highest BCUT2D eigenvalue weighted by Crippen LogP contribution is 2.38. The third kappa shape index (κ3) is 12.4. The van der Waals surface area contributed by atoms with E-state index in [1.54, 1.807) is 0 Å². The zero-order chi connectivity index (χ0) is 38.1. The van der Waals surface area contributed by atoms with Crippen LogP contribution in [0.4, 0.5) is 0 Å². The summed E-state index contributed by atoms with van der Waals surface area (Å²) in [7, 11) is 0. The Hall–Kier alpha value is -4.18. The Morgan fingerprint density at radius 2 is 0.778 bits per heavy atom. The maximum Gasteiger partial charge on any atom is 0.343 e. The number of rotatable bonds is 14. The van der Waals surface area contributed by atoms with Crippen molar-refractivity contribution in [3.05, 3.63) is 130 Å². The first-order valence-corrected chi connectivity index (χ1v) is 21.2. The van der Waals surface area contributed by atoms with Crippen LogP contribution in [0.1, 0.15) is 172 Å². The van der Waals surface area contributed by atoms with E-state index in [1.165, 1.54) is 99.3 Å². The molecule has 0 saturated heterocycles. The second-order valence-corrected chi connectivity index (χ2v) is 15.8. The van der Waals surface area contributed by atoms with E-state index in [-0.39, 0.29) is 11.9 Å². The highest BCUT2D eigenvalue weighted by Gasteiger charge is 2.23. The van der Waals surface area contributed by atoms with Gasteiger partial charge in [-0.05, 0) is 159 Å². The molecule has 0 aromatic heterocycles. The van der Waals surface area contributed by atoms with Crippen LogP contribution in [0.2, 0.25) is 0 Å². The average Bonchev–Trinajstić information content (AvgIpc) is 3.21. The molecular weight excluding hydrogens is 665 g/mol. The number of ether oxygens (including phenoxy) is 2. The van der Waals surface area contributed by atoms with Crippen molar-refractivity contribution in [2.45, 2.75) is 142 Å². The quantitative estimate of drug-likeness (QED) is 0.0958. The third-order valence-electron chi connectivity index (χ3n) is 11.7. The predicted octanol–water partition coefficient (Wildman–Crippen LogP) is 13.9. The summed E-state index contributed by atoms with van der Waals surface area (Å²) in [5.74, 6) is 3.79. The zero-order valence-corrected chi connectivity index (χ0v) is 33.5. The summed E-state index contributed by atoms with van der Waals surface area (Å²) in [4.78, 5) is 24.8. The molecule has 2 aliphatic carbocycles. The lowest BCUT2D eigenvalue weighted by atomic mass is 9.77. The topological polar surface area (TPSA) is 52.6 Å². The summed E-state index contributed by atoms with van der Waals surface area (Å²) in [6.45, 7) is 8.88. The van der Waals surface area contributed by atoms with Gasteiger partial charge in [-0.1, -0.05) is 115 Å². The van der Waals surface area contributed by atoms with Crippen molar-refractivity contribution in [2.24, 2.45) is 11.8 Å². The van der Waals surface area contributed by atoms with Gasteiger partial charge in [0.1, 0.15) is 11.5 Å². The molecule has 0 radical (unpaired) electrons. The van der Waals surface area contributed by atoms with Crippen LogP contribution in [0.3, 0.4) is 0 Å². The smallest absolute Gasteiger partial charge is 0.343 e. The molecule has 0 atom stereocenters. The Kier molecular flexibility index (Phi) is 16.4. The van der Waals surface area contributed by atoms with Gasteiger partial charge >= 0.3 is 11.9 Å². The number of aryl methyl sites for hydroxylation is 2. The standard InChI is InChI=1S/2C25H32O2/c2*1-3-5-19-7-11-21(12-8-19)22-13-15-23(16-14-22)25(26)27-24-17-9-20(6-4-2)10-18-24/h2*9-10,13-19,21H,3-8,11-12H2,1-2H3. The second-order valence-electron chi connectivity index (χ2n) is 15.8. The molecule has 0 aliphatic heterocycles. The summed E-state index contributed by atoms with van der Waals surface area (Å²) in [5, 5.41) is 0. The lowest BCUT2D eigenvalue weighted by Crippen LogP contribution is -2.13. The number of benzene rings is 4. The molecule has 54 heavy (non-hydrogen) atoms. The summed E-state index contributed by atoms with van der Waals surface area (Å²) in [5.41, 5.74) is 6.52. The van der Waals surface area contributed by atoms with Crippen LogP contribution in [0.25, 0.3) is 0 Å². The lowest BCUT2D eigenvalue weighted by Gasteiger charge is -2.28. The first-order valence-electron chi connectivity index (χ1n) is 21.2. The molecule has 0 bridgehead atoms. The second kappa shape index (κ2) is 21.6. The molecule has 0 N–H and O–H groups in total. The SMILES string of the molecule is CCCc1ccc(OC(=O)c2ccc(C3CCC(CCC)CC3)cc2)cc1.CCCc1ccc(OC(=O)c2ccc(C3CCC(CCC)CC3)cc2)cc1. The molecule has 4 nitrogen and oxygen atoms in total. The molecule has 2 saturated carbocycles. The van der Waals surface area contributed by atoms with E-state index in [2.05, 4.69) is 52.0 Å². The fraction of sp³-hybridized carbons (Fsp3) is 0.480. The summed E-state index contributed by atoms with van der Waals surface area (Å²) < 4.78 is 11.0. The summed E-state index contributed by atoms with van der Waals surface area (Å²) in [6, 6.07) is 31.8. The van der Waals surface area contributed by atoms with E-state index in [0.29, 0.717) is 34.5 Å². The average molecular weight is 729 g/mol. The number of hydrogen-bond donors (Lipinski definition) is 0. The Bertz CT molecular complexity index is 1540. The van der Waals surface area contributed by atoms with Gasteiger partial charge in [-0.3, -0.25) is 0 Å². The van der Waals surface area contributed by atoms with Crippen molar-refractivity contribution < 1.29 is 19.1 Å². The Morgan fingerprint density at radius 3 is 1.07 bits per heavy atom. The van der Waals surface area contributed by atoms with Crippen LogP contribution in [0.5, 0.6) is 11.5 Å². The molecule has 4 aromatic carbocycles. The van der Waals surface area contributed by atoms with Crippen molar-refractivity contribution in [3.63, 3.8) is 0 Å². The first kappa shape index (κ1) is 41.0. The van der Waals surface area contributed by atoms with Gasteiger partial charge in [0.15, 0.2) is 0 Å². The van der Waals surface area contributed by atoms with E-state index < -0.39 is 0 Å². The third-order valence-corrected chi connectivity index (χ3v) is 11.7. The molecule has 2 aliphatic rings. The van der Waals surface area contributed by atoms with Crippen LogP contribution in [-0.2, 0) is 12.8 Å². The van der Waals surface area contributed by atoms with Gasteiger partial charge in [-0.2, -0.15) is 0 Å². The van der Waals surface area contributed by atoms with Crippen LogP contribution >= 0.6 is 0 Å². The van der Waals surface area contributed by atoms with Gasteiger partial charge in [-0.15, -0.1) is 0 Å². The van der Waals surface area contributed by atoms with Crippen LogP contribution in [0.15, 0.2) is 97.1 Å². The van der Waals surface area contributed by atoms with Gasteiger partial charge < -0.3 is 9.47 Å². The van der Waals surface area contributed by atoms with Crippen LogP contribution in [0, 0.1) is 11.8 Å². The predicted molar refractivity (Wildman–Crippen MR) is 223 cm³/mol. The summed E-state index contributed by atoms with van der Waals surface area (Å²) in [6.07, 6.45) is 20.2. The van der Waals surface area contributed by atoms with Crippen molar-refractivity contribution in [3.8, 4) is 11.5 Å². The minimum absolute atomic E-state index is 0.281. The Labute approximate surface area is 326 Å². The lowest BCUT2D eigenvalue weighted by molar-refractivity contribution is 0.0725. The number of carbonyl (C=O) groups is 2. The number of esters is 2. The fourth-order valence-corrected chi connectivity index (χ4v) is 8.53. The molecule has 0 unspecified atom stereocenters. The molecule has 6 rings (SSSR count). The fourth-order valence-electron chi connectivity index (χ4n) is 8.53. The van der Waals surface area contributed by atoms with Crippen molar-refractivity contribution in [2.75, 3.05) is 0 Å². The monoisotopic (exact) mass is 728 g/mol. The molecule has 0 spiro atoms.